The van der Waals surface area contributed by atoms with Gasteiger partial charge in [-0.25, -0.2) is 8.42 Å². The number of rotatable bonds is 10. The van der Waals surface area contributed by atoms with Gasteiger partial charge in [0.15, 0.2) is 0 Å². The zero-order valence-corrected chi connectivity index (χ0v) is 21.8. The normalized spacial score (nSPS) is 14.9. The van der Waals surface area contributed by atoms with E-state index in [4.69, 9.17) is 16.3 Å². The second-order valence-corrected chi connectivity index (χ2v) is 11.1. The molecule has 3 rings (SSSR count). The van der Waals surface area contributed by atoms with Crippen molar-refractivity contribution in [2.45, 2.75) is 51.2 Å². The van der Waals surface area contributed by atoms with Gasteiger partial charge in [0.2, 0.25) is 21.8 Å². The van der Waals surface area contributed by atoms with E-state index in [1.807, 2.05) is 30.3 Å². The Morgan fingerprint density at radius 2 is 1.80 bits per heavy atom. The molecule has 0 bridgehead atoms. The number of methoxy groups -OCH3 is 1. The maximum absolute atomic E-state index is 13.6. The fraction of sp³-hybridized carbons (Fsp3) is 0.440. The maximum atomic E-state index is 13.6. The molecular formula is C25H32ClN3O5S. The predicted molar refractivity (Wildman–Crippen MR) is 137 cm³/mol. The summed E-state index contributed by atoms with van der Waals surface area (Å²) in [7, 11) is -2.48. The van der Waals surface area contributed by atoms with E-state index in [2.05, 4.69) is 5.32 Å². The van der Waals surface area contributed by atoms with E-state index < -0.39 is 28.5 Å². The number of nitrogens with one attached hydrogen (secondary N) is 1. The number of nitrogens with zero attached hydrogens (tertiary/aromatic N) is 2. The van der Waals surface area contributed by atoms with Crippen LogP contribution in [0, 0.1) is 0 Å². The molecule has 1 saturated carbocycles. The summed E-state index contributed by atoms with van der Waals surface area (Å²) in [4.78, 5) is 28.1. The number of hydrogen-bond acceptors (Lipinski definition) is 5. The summed E-state index contributed by atoms with van der Waals surface area (Å²) in [5.74, 6) is -0.517. The molecule has 2 amide bonds. The molecule has 0 unspecified atom stereocenters. The zero-order chi connectivity index (χ0) is 25.6. The molecule has 8 nitrogen and oxygen atoms in total. The average Bonchev–Trinajstić information content (AvgIpc) is 3.33. The summed E-state index contributed by atoms with van der Waals surface area (Å²) >= 11 is 6.12. The smallest absolute Gasteiger partial charge is 0.244 e. The summed E-state index contributed by atoms with van der Waals surface area (Å²) in [5.41, 5.74) is 0.978. The van der Waals surface area contributed by atoms with Crippen molar-refractivity contribution < 1.29 is 22.7 Å². The van der Waals surface area contributed by atoms with Crippen LogP contribution in [0.1, 0.15) is 38.2 Å². The minimum absolute atomic E-state index is 0.0990. The molecule has 35 heavy (non-hydrogen) atoms. The van der Waals surface area contributed by atoms with E-state index in [9.17, 15) is 18.0 Å². The quantitative estimate of drug-likeness (QED) is 0.515. The molecule has 0 heterocycles. The number of carbonyl (C=O) groups excluding carboxylic acids is 2. The number of halogens is 1. The van der Waals surface area contributed by atoms with Gasteiger partial charge in [0.25, 0.3) is 0 Å². The van der Waals surface area contributed by atoms with Crippen LogP contribution in [-0.2, 0) is 26.2 Å². The Morgan fingerprint density at radius 1 is 1.14 bits per heavy atom. The predicted octanol–water partition coefficient (Wildman–Crippen LogP) is 3.59. The SMILES string of the molecule is COc1ccc(Cl)cc1N(CC(=O)N(Cc1ccccc1)[C@H](C)C(=O)NC1CCCC1)S(C)(=O)=O. The Balaban J connectivity index is 1.91. The van der Waals surface area contributed by atoms with Gasteiger partial charge in [-0.05, 0) is 43.5 Å². The molecule has 1 fully saturated rings. The summed E-state index contributed by atoms with van der Waals surface area (Å²) in [6.45, 7) is 1.31. The first-order valence-electron chi connectivity index (χ1n) is 11.5. The van der Waals surface area contributed by atoms with Crippen LogP contribution in [0.3, 0.4) is 0 Å². The summed E-state index contributed by atoms with van der Waals surface area (Å²) in [5, 5.41) is 3.34. The average molecular weight is 522 g/mol. The molecule has 0 radical (unpaired) electrons. The van der Waals surface area contributed by atoms with Crippen LogP contribution >= 0.6 is 11.6 Å². The molecule has 190 valence electrons. The van der Waals surface area contributed by atoms with Crippen molar-refractivity contribution >= 4 is 39.1 Å². The van der Waals surface area contributed by atoms with Gasteiger partial charge >= 0.3 is 0 Å². The number of ether oxygens (including phenoxy) is 1. The highest BCUT2D eigenvalue weighted by Gasteiger charge is 2.32. The van der Waals surface area contributed by atoms with Crippen molar-refractivity contribution in [2.24, 2.45) is 0 Å². The van der Waals surface area contributed by atoms with Gasteiger partial charge in [0.05, 0.1) is 19.1 Å². The van der Waals surface area contributed by atoms with Crippen LogP contribution in [0.4, 0.5) is 5.69 Å². The molecule has 0 aromatic heterocycles. The fourth-order valence-corrected chi connectivity index (χ4v) is 5.22. The minimum Gasteiger partial charge on any atom is -0.495 e. The maximum Gasteiger partial charge on any atom is 0.244 e. The molecule has 1 N–H and O–H groups in total. The summed E-state index contributed by atoms with van der Waals surface area (Å²) < 4.78 is 31.8. The Bertz CT molecular complexity index is 1140. The summed E-state index contributed by atoms with van der Waals surface area (Å²) in [6.07, 6.45) is 4.98. The topological polar surface area (TPSA) is 96.0 Å². The zero-order valence-electron chi connectivity index (χ0n) is 20.2. The van der Waals surface area contributed by atoms with E-state index in [0.717, 1.165) is 41.8 Å². The van der Waals surface area contributed by atoms with Crippen molar-refractivity contribution in [3.8, 4) is 5.75 Å². The standard InChI is InChI=1S/C25H32ClN3O5S/c1-18(25(31)27-21-11-7-8-12-21)28(16-19-9-5-4-6-10-19)24(30)17-29(35(3,32)33)22-15-20(26)13-14-23(22)34-2/h4-6,9-10,13-15,18,21H,7-8,11-12,16-17H2,1-3H3,(H,27,31)/t18-/m1/s1. The molecule has 2 aromatic carbocycles. The molecule has 0 spiro atoms. The third kappa shape index (κ3) is 7.11. The third-order valence-corrected chi connectivity index (χ3v) is 7.51. The molecule has 1 atom stereocenters. The molecule has 0 saturated heterocycles. The highest BCUT2D eigenvalue weighted by atomic mass is 35.5. The van der Waals surface area contributed by atoms with Crippen molar-refractivity contribution in [3.63, 3.8) is 0 Å². The number of carbonyl (C=O) groups is 2. The first kappa shape index (κ1) is 26.8. The minimum atomic E-state index is -3.89. The lowest BCUT2D eigenvalue weighted by atomic mass is 10.1. The first-order valence-corrected chi connectivity index (χ1v) is 13.8. The van der Waals surface area contributed by atoms with Crippen molar-refractivity contribution in [1.82, 2.24) is 10.2 Å². The molecule has 10 heteroatoms. The lowest BCUT2D eigenvalue weighted by Gasteiger charge is -2.32. The van der Waals surface area contributed by atoms with E-state index >= 15 is 0 Å². The Morgan fingerprint density at radius 3 is 2.40 bits per heavy atom. The third-order valence-electron chi connectivity index (χ3n) is 6.15. The van der Waals surface area contributed by atoms with Crippen LogP contribution in [0.2, 0.25) is 5.02 Å². The lowest BCUT2D eigenvalue weighted by molar-refractivity contribution is -0.139. The van der Waals surface area contributed by atoms with Gasteiger partial charge in [-0.1, -0.05) is 54.8 Å². The Labute approximate surface area is 212 Å². The van der Waals surface area contributed by atoms with E-state index in [1.54, 1.807) is 19.1 Å². The molecule has 2 aromatic rings. The van der Waals surface area contributed by atoms with Crippen molar-refractivity contribution in [1.29, 1.82) is 0 Å². The monoisotopic (exact) mass is 521 g/mol. The Kier molecular flexibility index (Phi) is 9.02. The van der Waals surface area contributed by atoms with Crippen molar-refractivity contribution in [2.75, 3.05) is 24.2 Å². The highest BCUT2D eigenvalue weighted by Crippen LogP contribution is 2.33. The molecule has 1 aliphatic rings. The largest absolute Gasteiger partial charge is 0.495 e. The molecular weight excluding hydrogens is 490 g/mol. The van der Waals surface area contributed by atoms with E-state index in [0.29, 0.717) is 5.02 Å². The van der Waals surface area contributed by atoms with Gasteiger partial charge in [-0.15, -0.1) is 0 Å². The van der Waals surface area contributed by atoms with Gasteiger partial charge in [-0.2, -0.15) is 0 Å². The number of anilines is 1. The number of amides is 2. The van der Waals surface area contributed by atoms with Crippen LogP contribution < -0.4 is 14.4 Å². The summed E-state index contributed by atoms with van der Waals surface area (Å²) in [6, 6.07) is 13.1. The number of hydrogen-bond donors (Lipinski definition) is 1. The second kappa shape index (κ2) is 11.8. The molecule has 0 aliphatic heterocycles. The van der Waals surface area contributed by atoms with Gasteiger partial charge in [-0.3, -0.25) is 13.9 Å². The Hall–Kier alpha value is -2.78. The van der Waals surface area contributed by atoms with E-state index in [1.165, 1.54) is 18.1 Å². The molecule has 1 aliphatic carbocycles. The first-order chi connectivity index (χ1) is 16.6. The lowest BCUT2D eigenvalue weighted by Crippen LogP contribution is -2.52. The number of sulfonamides is 1. The van der Waals surface area contributed by atoms with Gasteiger partial charge in [0.1, 0.15) is 18.3 Å². The number of benzene rings is 2. The van der Waals surface area contributed by atoms with Crippen LogP contribution in [0.5, 0.6) is 5.75 Å². The van der Waals surface area contributed by atoms with Gasteiger partial charge < -0.3 is 15.0 Å². The van der Waals surface area contributed by atoms with Crippen LogP contribution in [-0.4, -0.2) is 57.1 Å². The van der Waals surface area contributed by atoms with Gasteiger partial charge in [0, 0.05) is 17.6 Å². The second-order valence-electron chi connectivity index (χ2n) is 8.76. The fourth-order valence-electron chi connectivity index (χ4n) is 4.21. The van der Waals surface area contributed by atoms with Crippen molar-refractivity contribution in [3.05, 3.63) is 59.1 Å². The van der Waals surface area contributed by atoms with Crippen LogP contribution in [0.15, 0.2) is 48.5 Å². The van der Waals surface area contributed by atoms with E-state index in [-0.39, 0.29) is 29.9 Å². The highest BCUT2D eigenvalue weighted by molar-refractivity contribution is 7.92. The van der Waals surface area contributed by atoms with Crippen LogP contribution in [0.25, 0.3) is 0 Å².